The van der Waals surface area contributed by atoms with Crippen LogP contribution < -0.4 is 5.73 Å². The Balaban J connectivity index is 3.02. The van der Waals surface area contributed by atoms with E-state index < -0.39 is 18.2 Å². The van der Waals surface area contributed by atoms with Crippen LogP contribution in [0.25, 0.3) is 0 Å². The third-order valence-electron chi connectivity index (χ3n) is 2.53. The zero-order valence-corrected chi connectivity index (χ0v) is 10.0. The smallest absolute Gasteiger partial charge is 0.337 e. The molecule has 1 aromatic rings. The Kier molecular flexibility index (Phi) is 5.08. The highest BCUT2D eigenvalue weighted by Gasteiger charge is 2.20. The molecule has 0 fully saturated rings. The van der Waals surface area contributed by atoms with Crippen LogP contribution in [0.1, 0.15) is 28.4 Å². The molecule has 0 saturated carbocycles. The number of nitrogens with two attached hydrogens (primary N) is 1. The summed E-state index contributed by atoms with van der Waals surface area (Å²) in [4.78, 5) is 11.4. The SMILES string of the molecule is COC(=O)c1cc(N)cc(C(O)C(O)CCO)c1. The summed E-state index contributed by atoms with van der Waals surface area (Å²) in [6, 6.07) is 4.27. The van der Waals surface area contributed by atoms with Gasteiger partial charge in [0.1, 0.15) is 6.10 Å². The average Bonchev–Trinajstić information content (AvgIpc) is 2.36. The number of benzene rings is 1. The fourth-order valence-corrected chi connectivity index (χ4v) is 1.60. The molecule has 1 aromatic carbocycles. The van der Waals surface area contributed by atoms with Gasteiger partial charge in [0.05, 0.1) is 18.8 Å². The molecule has 0 aromatic heterocycles. The number of anilines is 1. The Hall–Kier alpha value is -1.63. The maximum Gasteiger partial charge on any atom is 0.337 e. The van der Waals surface area contributed by atoms with Crippen LogP contribution in [-0.2, 0) is 4.74 Å². The molecule has 100 valence electrons. The van der Waals surface area contributed by atoms with Gasteiger partial charge in [-0.2, -0.15) is 0 Å². The molecular weight excluding hydrogens is 238 g/mol. The molecule has 18 heavy (non-hydrogen) atoms. The lowest BCUT2D eigenvalue weighted by molar-refractivity contribution is 0.00417. The first-order chi connectivity index (χ1) is 8.49. The van der Waals surface area contributed by atoms with Crippen LogP contribution in [0.3, 0.4) is 0 Å². The molecule has 0 bridgehead atoms. The second-order valence-corrected chi connectivity index (χ2v) is 3.90. The normalized spacial score (nSPS) is 14.0. The Bertz CT molecular complexity index is 421. The van der Waals surface area contributed by atoms with E-state index in [0.717, 1.165) is 0 Å². The Morgan fingerprint density at radius 3 is 2.61 bits per heavy atom. The van der Waals surface area contributed by atoms with Crippen LogP contribution in [0.5, 0.6) is 0 Å². The largest absolute Gasteiger partial charge is 0.465 e. The first-order valence-electron chi connectivity index (χ1n) is 5.45. The number of aliphatic hydroxyl groups is 3. The van der Waals surface area contributed by atoms with Crippen molar-refractivity contribution < 1.29 is 24.9 Å². The molecule has 5 N–H and O–H groups in total. The molecule has 0 heterocycles. The van der Waals surface area contributed by atoms with Gasteiger partial charge in [0.25, 0.3) is 0 Å². The van der Waals surface area contributed by atoms with Gasteiger partial charge in [0.2, 0.25) is 0 Å². The molecule has 0 aliphatic rings. The predicted octanol–water partition coefficient (Wildman–Crippen LogP) is -0.168. The quantitative estimate of drug-likeness (QED) is 0.429. The summed E-state index contributed by atoms with van der Waals surface area (Å²) in [6.07, 6.45) is -2.31. The van der Waals surface area contributed by atoms with Crippen molar-refractivity contribution in [3.05, 3.63) is 29.3 Å². The van der Waals surface area contributed by atoms with Gasteiger partial charge < -0.3 is 25.8 Å². The van der Waals surface area contributed by atoms with E-state index in [1.165, 1.54) is 25.3 Å². The molecule has 6 nitrogen and oxygen atoms in total. The van der Waals surface area contributed by atoms with Crippen LogP contribution in [0, 0.1) is 0 Å². The summed E-state index contributed by atoms with van der Waals surface area (Å²) in [6.45, 7) is -0.246. The zero-order valence-electron chi connectivity index (χ0n) is 10.0. The molecular formula is C12H17NO5. The van der Waals surface area contributed by atoms with Gasteiger partial charge in [-0.1, -0.05) is 0 Å². The van der Waals surface area contributed by atoms with Gasteiger partial charge in [0.15, 0.2) is 0 Å². The minimum atomic E-state index is -1.22. The minimum Gasteiger partial charge on any atom is -0.465 e. The summed E-state index contributed by atoms with van der Waals surface area (Å²) >= 11 is 0. The van der Waals surface area contributed by atoms with Crippen LogP contribution in [-0.4, -0.2) is 41.1 Å². The van der Waals surface area contributed by atoms with E-state index in [4.69, 9.17) is 10.8 Å². The number of esters is 1. The van der Waals surface area contributed by atoms with Crippen molar-refractivity contribution in [3.8, 4) is 0 Å². The number of carbonyl (C=O) groups excluding carboxylic acids is 1. The number of hydrogen-bond donors (Lipinski definition) is 4. The van der Waals surface area contributed by atoms with E-state index in [0.29, 0.717) is 5.56 Å². The maximum atomic E-state index is 11.4. The minimum absolute atomic E-state index is 0.0313. The van der Waals surface area contributed by atoms with Gasteiger partial charge in [-0.15, -0.1) is 0 Å². The van der Waals surface area contributed by atoms with Gasteiger partial charge in [-0.3, -0.25) is 0 Å². The van der Waals surface area contributed by atoms with E-state index in [1.807, 2.05) is 0 Å². The van der Waals surface area contributed by atoms with E-state index in [2.05, 4.69) is 4.74 Å². The molecule has 0 aliphatic heterocycles. The Morgan fingerprint density at radius 2 is 2.06 bits per heavy atom. The fraction of sp³-hybridized carbons (Fsp3) is 0.417. The molecule has 2 atom stereocenters. The van der Waals surface area contributed by atoms with Crippen molar-refractivity contribution in [2.24, 2.45) is 0 Å². The number of nitrogen functional groups attached to an aromatic ring is 1. The number of aliphatic hydroxyl groups excluding tert-OH is 3. The molecule has 2 unspecified atom stereocenters. The van der Waals surface area contributed by atoms with E-state index >= 15 is 0 Å². The van der Waals surface area contributed by atoms with E-state index in [-0.39, 0.29) is 24.3 Å². The standard InChI is InChI=1S/C12H17NO5/c1-18-12(17)8-4-7(5-9(13)6-8)11(16)10(15)2-3-14/h4-6,10-11,14-16H,2-3,13H2,1H3. The van der Waals surface area contributed by atoms with E-state index in [9.17, 15) is 15.0 Å². The van der Waals surface area contributed by atoms with Crippen molar-refractivity contribution in [3.63, 3.8) is 0 Å². The molecule has 0 radical (unpaired) electrons. The number of methoxy groups -OCH3 is 1. The van der Waals surface area contributed by atoms with Crippen molar-refractivity contribution in [1.82, 2.24) is 0 Å². The van der Waals surface area contributed by atoms with E-state index in [1.54, 1.807) is 0 Å². The maximum absolute atomic E-state index is 11.4. The summed E-state index contributed by atoms with van der Waals surface area (Å²) < 4.78 is 4.56. The summed E-state index contributed by atoms with van der Waals surface area (Å²) in [7, 11) is 1.24. The van der Waals surface area contributed by atoms with Crippen LogP contribution in [0.2, 0.25) is 0 Å². The van der Waals surface area contributed by atoms with Gasteiger partial charge in [0, 0.05) is 12.3 Å². The lowest BCUT2D eigenvalue weighted by Crippen LogP contribution is -2.20. The predicted molar refractivity (Wildman–Crippen MR) is 64.9 cm³/mol. The van der Waals surface area contributed by atoms with Crippen molar-refractivity contribution in [1.29, 1.82) is 0 Å². The fourth-order valence-electron chi connectivity index (χ4n) is 1.60. The highest BCUT2D eigenvalue weighted by molar-refractivity contribution is 5.90. The Morgan fingerprint density at radius 1 is 1.39 bits per heavy atom. The second kappa shape index (κ2) is 6.34. The summed E-state index contributed by atoms with van der Waals surface area (Å²) in [5.74, 6) is -0.576. The monoisotopic (exact) mass is 255 g/mol. The first kappa shape index (κ1) is 14.4. The number of carbonyl (C=O) groups is 1. The molecule has 6 heteroatoms. The lowest BCUT2D eigenvalue weighted by Gasteiger charge is -2.18. The molecule has 0 spiro atoms. The number of hydrogen-bond acceptors (Lipinski definition) is 6. The zero-order chi connectivity index (χ0) is 13.7. The first-order valence-corrected chi connectivity index (χ1v) is 5.45. The van der Waals surface area contributed by atoms with Crippen molar-refractivity contribution in [2.45, 2.75) is 18.6 Å². The third kappa shape index (κ3) is 3.43. The summed E-state index contributed by atoms with van der Waals surface area (Å²) in [5, 5.41) is 28.1. The van der Waals surface area contributed by atoms with Gasteiger partial charge in [-0.05, 0) is 30.2 Å². The second-order valence-electron chi connectivity index (χ2n) is 3.90. The number of ether oxygens (including phenoxy) is 1. The van der Waals surface area contributed by atoms with Crippen LogP contribution >= 0.6 is 0 Å². The van der Waals surface area contributed by atoms with Crippen LogP contribution in [0.15, 0.2) is 18.2 Å². The highest BCUT2D eigenvalue weighted by atomic mass is 16.5. The molecule has 0 aliphatic carbocycles. The number of rotatable bonds is 5. The molecule has 1 rings (SSSR count). The van der Waals surface area contributed by atoms with Gasteiger partial charge >= 0.3 is 5.97 Å². The lowest BCUT2D eigenvalue weighted by atomic mass is 9.99. The third-order valence-corrected chi connectivity index (χ3v) is 2.53. The van der Waals surface area contributed by atoms with Crippen LogP contribution in [0.4, 0.5) is 5.69 Å². The van der Waals surface area contributed by atoms with Crippen molar-refractivity contribution in [2.75, 3.05) is 19.5 Å². The molecule has 0 saturated heterocycles. The highest BCUT2D eigenvalue weighted by Crippen LogP contribution is 2.23. The Labute approximate surface area is 105 Å². The van der Waals surface area contributed by atoms with Gasteiger partial charge in [-0.25, -0.2) is 4.79 Å². The summed E-state index contributed by atoms with van der Waals surface area (Å²) in [5.41, 5.74) is 6.39. The van der Waals surface area contributed by atoms with Crippen molar-refractivity contribution >= 4 is 11.7 Å². The average molecular weight is 255 g/mol. The topological polar surface area (TPSA) is 113 Å². The molecule has 0 amide bonds.